The lowest BCUT2D eigenvalue weighted by molar-refractivity contribution is -0.146. The molecule has 0 saturated carbocycles. The van der Waals surface area contributed by atoms with Gasteiger partial charge in [0.15, 0.2) is 0 Å². The Morgan fingerprint density at radius 2 is 2.09 bits per heavy atom. The van der Waals surface area contributed by atoms with Crippen LogP contribution in [0.4, 0.5) is 0 Å². The Hall–Kier alpha value is -2.83. The summed E-state index contributed by atoms with van der Waals surface area (Å²) in [6.45, 7) is 0.420. The van der Waals surface area contributed by atoms with E-state index in [1.54, 1.807) is 24.5 Å². The van der Waals surface area contributed by atoms with E-state index in [1.165, 1.54) is 0 Å². The Morgan fingerprint density at radius 3 is 2.74 bits per heavy atom. The number of ether oxygens (including phenoxy) is 1. The normalized spacial score (nSPS) is 18.0. The van der Waals surface area contributed by atoms with E-state index in [2.05, 4.69) is 15.3 Å². The topological polar surface area (TPSA) is 87.3 Å². The molecule has 1 aromatic heterocycles. The Bertz CT molecular complexity index is 682. The lowest BCUT2D eigenvalue weighted by atomic mass is 10.0. The summed E-state index contributed by atoms with van der Waals surface area (Å²) in [5.74, 6) is 0.517. The summed E-state index contributed by atoms with van der Waals surface area (Å²) in [5.41, 5.74) is 1.77. The summed E-state index contributed by atoms with van der Waals surface area (Å²) in [6, 6.07) is 6.93. The van der Waals surface area contributed by atoms with E-state index in [-0.39, 0.29) is 18.4 Å². The van der Waals surface area contributed by atoms with Crippen LogP contribution in [-0.4, -0.2) is 46.4 Å². The third kappa shape index (κ3) is 3.33. The summed E-state index contributed by atoms with van der Waals surface area (Å²) < 4.78 is 5.13. The minimum Gasteiger partial charge on any atom is -0.497 e. The molecule has 0 unspecified atom stereocenters. The van der Waals surface area contributed by atoms with Crippen LogP contribution in [0.5, 0.6) is 5.75 Å². The summed E-state index contributed by atoms with van der Waals surface area (Å²) >= 11 is 0. The number of nitrogens with one attached hydrogen (secondary N) is 2. The van der Waals surface area contributed by atoms with E-state index < -0.39 is 6.04 Å². The van der Waals surface area contributed by atoms with Crippen molar-refractivity contribution < 1.29 is 14.3 Å². The number of aromatic nitrogens is 2. The van der Waals surface area contributed by atoms with Crippen LogP contribution in [-0.2, 0) is 22.6 Å². The van der Waals surface area contributed by atoms with E-state index >= 15 is 0 Å². The van der Waals surface area contributed by atoms with E-state index in [0.29, 0.717) is 13.0 Å². The lowest BCUT2D eigenvalue weighted by Crippen LogP contribution is -2.58. The number of carbonyl (C=O) groups is 2. The maximum absolute atomic E-state index is 12.3. The molecule has 1 aliphatic rings. The van der Waals surface area contributed by atoms with Crippen molar-refractivity contribution in [2.45, 2.75) is 19.0 Å². The molecular weight excluding hydrogens is 296 g/mol. The molecule has 1 saturated heterocycles. The summed E-state index contributed by atoms with van der Waals surface area (Å²) in [7, 11) is 1.61. The van der Waals surface area contributed by atoms with Crippen molar-refractivity contribution in [3.63, 3.8) is 0 Å². The van der Waals surface area contributed by atoms with Crippen molar-refractivity contribution in [3.8, 4) is 5.75 Å². The molecular formula is C16H18N4O3. The first-order valence-electron chi connectivity index (χ1n) is 7.34. The number of H-pyrrole nitrogens is 1. The van der Waals surface area contributed by atoms with Gasteiger partial charge in [0.1, 0.15) is 11.8 Å². The van der Waals surface area contributed by atoms with Gasteiger partial charge in [-0.25, -0.2) is 4.98 Å². The van der Waals surface area contributed by atoms with Crippen LogP contribution in [0.15, 0.2) is 36.8 Å². The highest BCUT2D eigenvalue weighted by Gasteiger charge is 2.34. The molecule has 0 spiro atoms. The zero-order valence-corrected chi connectivity index (χ0v) is 12.8. The molecule has 0 bridgehead atoms. The number of carbonyl (C=O) groups excluding carboxylic acids is 2. The number of imidazole rings is 1. The molecule has 1 aromatic carbocycles. The first-order valence-corrected chi connectivity index (χ1v) is 7.34. The third-order valence-electron chi connectivity index (χ3n) is 3.89. The van der Waals surface area contributed by atoms with Gasteiger partial charge in [0, 0.05) is 24.9 Å². The van der Waals surface area contributed by atoms with Gasteiger partial charge in [-0.1, -0.05) is 12.1 Å². The molecule has 0 radical (unpaired) electrons. The van der Waals surface area contributed by atoms with Gasteiger partial charge in [-0.15, -0.1) is 0 Å². The van der Waals surface area contributed by atoms with Gasteiger partial charge in [0.05, 0.1) is 20.0 Å². The molecule has 1 fully saturated rings. The van der Waals surface area contributed by atoms with Crippen molar-refractivity contribution in [1.82, 2.24) is 20.2 Å². The number of benzene rings is 1. The molecule has 2 amide bonds. The van der Waals surface area contributed by atoms with Crippen molar-refractivity contribution in [2.24, 2.45) is 0 Å². The van der Waals surface area contributed by atoms with Gasteiger partial charge in [0.2, 0.25) is 11.8 Å². The van der Waals surface area contributed by atoms with Crippen molar-refractivity contribution in [1.29, 1.82) is 0 Å². The SMILES string of the molecule is COc1ccc(CN2C(=O)CNC(=O)[C@@H]2Cc2cnc[nH]2)cc1. The van der Waals surface area contributed by atoms with Crippen LogP contribution in [0.2, 0.25) is 0 Å². The number of hydrogen-bond donors (Lipinski definition) is 2. The van der Waals surface area contributed by atoms with Crippen LogP contribution in [0, 0.1) is 0 Å². The number of hydrogen-bond acceptors (Lipinski definition) is 4. The summed E-state index contributed by atoms with van der Waals surface area (Å²) in [6.07, 6.45) is 3.64. The van der Waals surface area contributed by atoms with Gasteiger partial charge in [-0.05, 0) is 17.7 Å². The largest absolute Gasteiger partial charge is 0.497 e. The Labute approximate surface area is 133 Å². The fourth-order valence-corrected chi connectivity index (χ4v) is 2.63. The fourth-order valence-electron chi connectivity index (χ4n) is 2.63. The first kappa shape index (κ1) is 15.1. The van der Waals surface area contributed by atoms with Gasteiger partial charge in [0.25, 0.3) is 0 Å². The first-order chi connectivity index (χ1) is 11.2. The highest BCUT2D eigenvalue weighted by Crippen LogP contribution is 2.17. The van der Waals surface area contributed by atoms with Crippen molar-refractivity contribution in [3.05, 3.63) is 48.0 Å². The number of rotatable bonds is 5. The smallest absolute Gasteiger partial charge is 0.243 e. The van der Waals surface area contributed by atoms with Crippen LogP contribution >= 0.6 is 0 Å². The molecule has 1 atom stereocenters. The number of nitrogens with zero attached hydrogens (tertiary/aromatic N) is 2. The molecule has 120 valence electrons. The van der Waals surface area contributed by atoms with Crippen molar-refractivity contribution in [2.75, 3.05) is 13.7 Å². The molecule has 3 rings (SSSR count). The van der Waals surface area contributed by atoms with Gasteiger partial charge in [-0.3, -0.25) is 9.59 Å². The monoisotopic (exact) mass is 314 g/mol. The lowest BCUT2D eigenvalue weighted by Gasteiger charge is -2.34. The second kappa shape index (κ2) is 6.51. The van der Waals surface area contributed by atoms with Crippen LogP contribution in [0.3, 0.4) is 0 Å². The maximum Gasteiger partial charge on any atom is 0.243 e. The molecule has 23 heavy (non-hydrogen) atoms. The Kier molecular flexibility index (Phi) is 4.27. The highest BCUT2D eigenvalue weighted by molar-refractivity contribution is 5.94. The van der Waals surface area contributed by atoms with Gasteiger partial charge in [-0.2, -0.15) is 0 Å². The molecule has 0 aliphatic carbocycles. The number of methoxy groups -OCH3 is 1. The minimum atomic E-state index is -0.543. The van der Waals surface area contributed by atoms with E-state index in [0.717, 1.165) is 17.0 Å². The van der Waals surface area contributed by atoms with E-state index in [4.69, 9.17) is 4.74 Å². The van der Waals surface area contributed by atoms with Crippen molar-refractivity contribution >= 4 is 11.8 Å². The second-order valence-corrected chi connectivity index (χ2v) is 5.38. The average molecular weight is 314 g/mol. The maximum atomic E-state index is 12.3. The number of amides is 2. The molecule has 1 aliphatic heterocycles. The highest BCUT2D eigenvalue weighted by atomic mass is 16.5. The molecule has 2 heterocycles. The Balaban J connectivity index is 1.79. The Morgan fingerprint density at radius 1 is 1.30 bits per heavy atom. The van der Waals surface area contributed by atoms with Crippen LogP contribution in [0.1, 0.15) is 11.3 Å². The van der Waals surface area contributed by atoms with Crippen LogP contribution < -0.4 is 10.1 Å². The fraction of sp³-hybridized carbons (Fsp3) is 0.312. The second-order valence-electron chi connectivity index (χ2n) is 5.38. The molecule has 7 heteroatoms. The number of piperazine rings is 1. The zero-order valence-electron chi connectivity index (χ0n) is 12.8. The van der Waals surface area contributed by atoms with E-state index in [1.807, 2.05) is 24.3 Å². The van der Waals surface area contributed by atoms with Gasteiger partial charge >= 0.3 is 0 Å². The predicted molar refractivity (Wildman–Crippen MR) is 82.6 cm³/mol. The average Bonchev–Trinajstić information content (AvgIpc) is 3.08. The molecule has 2 aromatic rings. The van der Waals surface area contributed by atoms with E-state index in [9.17, 15) is 9.59 Å². The summed E-state index contributed by atoms with van der Waals surface area (Å²) in [4.78, 5) is 33.0. The summed E-state index contributed by atoms with van der Waals surface area (Å²) in [5, 5.41) is 2.64. The number of aromatic amines is 1. The standard InChI is InChI=1S/C16H18N4O3/c1-23-13-4-2-11(3-5-13)9-20-14(6-12-7-17-10-19-12)16(22)18-8-15(20)21/h2-5,7,10,14H,6,8-9H2,1H3,(H,17,19)(H,18,22)/t14-/m0/s1. The molecule has 7 nitrogen and oxygen atoms in total. The minimum absolute atomic E-state index is 0.0362. The quantitative estimate of drug-likeness (QED) is 0.841. The van der Waals surface area contributed by atoms with Crippen LogP contribution in [0.25, 0.3) is 0 Å². The predicted octanol–water partition coefficient (Wildman–Crippen LogP) is 0.488. The third-order valence-corrected chi connectivity index (χ3v) is 3.89. The zero-order chi connectivity index (χ0) is 16.2. The van der Waals surface area contributed by atoms with Gasteiger partial charge < -0.3 is 19.9 Å². The molecule has 2 N–H and O–H groups in total.